The fraction of sp³-hybridized carbons (Fsp3) is 1.00. The number of nitrogens with one attached hydrogen (secondary N) is 1. The van der Waals surface area contributed by atoms with Crippen molar-refractivity contribution in [2.75, 3.05) is 19.7 Å². The Hall–Kier alpha value is -0.0800. The van der Waals surface area contributed by atoms with E-state index in [2.05, 4.69) is 12.2 Å². The average Bonchev–Trinajstić information content (AvgIpc) is 2.03. The molecule has 0 unspecified atom stereocenters. The number of rotatable bonds is 3. The van der Waals surface area contributed by atoms with Crippen LogP contribution in [0.3, 0.4) is 0 Å². The van der Waals surface area contributed by atoms with Gasteiger partial charge in [0.25, 0.3) is 0 Å². The quantitative estimate of drug-likeness (QED) is 0.640. The van der Waals surface area contributed by atoms with E-state index in [0.29, 0.717) is 6.10 Å². The highest BCUT2D eigenvalue weighted by molar-refractivity contribution is 4.65. The number of likely N-dealkylation sites (N-methyl/N-ethyl adjacent to an activating group) is 1. The molecule has 1 N–H and O–H groups in total. The SMILES string of the molecule is CCNC[C@@H]1CCCCO1. The van der Waals surface area contributed by atoms with Gasteiger partial charge in [-0.15, -0.1) is 0 Å². The molecule has 1 heterocycles. The smallest absolute Gasteiger partial charge is 0.0699 e. The molecule has 1 saturated heterocycles. The van der Waals surface area contributed by atoms with Crippen LogP contribution in [0, 0.1) is 0 Å². The lowest BCUT2D eigenvalue weighted by Crippen LogP contribution is -2.31. The van der Waals surface area contributed by atoms with Crippen LogP contribution in [0.4, 0.5) is 0 Å². The van der Waals surface area contributed by atoms with E-state index in [1.807, 2.05) is 0 Å². The summed E-state index contributed by atoms with van der Waals surface area (Å²) in [6.45, 7) is 5.19. The Bertz CT molecular complexity index is 79.3. The van der Waals surface area contributed by atoms with Crippen LogP contribution >= 0.6 is 0 Å². The Labute approximate surface area is 63.0 Å². The maximum absolute atomic E-state index is 5.52. The molecule has 1 aliphatic rings. The van der Waals surface area contributed by atoms with Crippen molar-refractivity contribution >= 4 is 0 Å². The van der Waals surface area contributed by atoms with Crippen molar-refractivity contribution in [1.29, 1.82) is 0 Å². The van der Waals surface area contributed by atoms with Crippen molar-refractivity contribution < 1.29 is 4.74 Å². The summed E-state index contributed by atoms with van der Waals surface area (Å²) in [7, 11) is 0. The zero-order valence-electron chi connectivity index (χ0n) is 6.73. The first-order chi connectivity index (χ1) is 4.93. The van der Waals surface area contributed by atoms with Gasteiger partial charge >= 0.3 is 0 Å². The van der Waals surface area contributed by atoms with Crippen molar-refractivity contribution in [3.63, 3.8) is 0 Å². The van der Waals surface area contributed by atoms with E-state index in [0.717, 1.165) is 19.7 Å². The molecule has 10 heavy (non-hydrogen) atoms. The molecule has 0 aromatic rings. The summed E-state index contributed by atoms with van der Waals surface area (Å²) in [5.74, 6) is 0. The molecule has 0 bridgehead atoms. The second-order valence-electron chi connectivity index (χ2n) is 2.80. The summed E-state index contributed by atoms with van der Waals surface area (Å²) in [6, 6.07) is 0. The number of ether oxygens (including phenoxy) is 1. The third-order valence-electron chi connectivity index (χ3n) is 1.90. The summed E-state index contributed by atoms with van der Waals surface area (Å²) < 4.78 is 5.52. The Kier molecular flexibility index (Phi) is 3.76. The van der Waals surface area contributed by atoms with Gasteiger partial charge in [-0.25, -0.2) is 0 Å². The lowest BCUT2D eigenvalue weighted by molar-refractivity contribution is 0.0173. The molecule has 0 radical (unpaired) electrons. The first-order valence-electron chi connectivity index (χ1n) is 4.26. The van der Waals surface area contributed by atoms with Crippen LogP contribution in [0.25, 0.3) is 0 Å². The predicted molar refractivity (Wildman–Crippen MR) is 42.1 cm³/mol. The van der Waals surface area contributed by atoms with Gasteiger partial charge in [0.15, 0.2) is 0 Å². The monoisotopic (exact) mass is 143 g/mol. The highest BCUT2D eigenvalue weighted by Crippen LogP contribution is 2.11. The zero-order chi connectivity index (χ0) is 7.23. The summed E-state index contributed by atoms with van der Waals surface area (Å²) >= 11 is 0. The molecule has 1 aliphatic heterocycles. The molecule has 0 aromatic carbocycles. The normalized spacial score (nSPS) is 26.7. The minimum atomic E-state index is 0.494. The van der Waals surface area contributed by atoms with Crippen molar-refractivity contribution in [1.82, 2.24) is 5.32 Å². The molecular formula is C8H17NO. The van der Waals surface area contributed by atoms with Crippen LogP contribution in [-0.4, -0.2) is 25.8 Å². The Balaban J connectivity index is 2.02. The molecule has 0 aliphatic carbocycles. The highest BCUT2D eigenvalue weighted by atomic mass is 16.5. The molecule has 0 aromatic heterocycles. The van der Waals surface area contributed by atoms with Crippen molar-refractivity contribution in [2.24, 2.45) is 0 Å². The molecule has 1 atom stereocenters. The van der Waals surface area contributed by atoms with Crippen LogP contribution < -0.4 is 5.32 Å². The van der Waals surface area contributed by atoms with Gasteiger partial charge in [-0.2, -0.15) is 0 Å². The molecule has 0 spiro atoms. The second-order valence-corrected chi connectivity index (χ2v) is 2.80. The van der Waals surface area contributed by atoms with E-state index in [-0.39, 0.29) is 0 Å². The van der Waals surface area contributed by atoms with Gasteiger partial charge in [-0.05, 0) is 25.8 Å². The van der Waals surface area contributed by atoms with Crippen LogP contribution in [0.2, 0.25) is 0 Å². The number of hydrogen-bond acceptors (Lipinski definition) is 2. The van der Waals surface area contributed by atoms with Gasteiger partial charge in [-0.1, -0.05) is 6.92 Å². The molecule has 1 rings (SSSR count). The standard InChI is InChI=1S/C8H17NO/c1-2-9-7-8-5-3-4-6-10-8/h8-9H,2-7H2,1H3/t8-/m0/s1. The van der Waals surface area contributed by atoms with E-state index in [4.69, 9.17) is 4.74 Å². The highest BCUT2D eigenvalue weighted by Gasteiger charge is 2.11. The number of hydrogen-bond donors (Lipinski definition) is 1. The topological polar surface area (TPSA) is 21.3 Å². The predicted octanol–water partition coefficient (Wildman–Crippen LogP) is 1.16. The van der Waals surface area contributed by atoms with E-state index >= 15 is 0 Å². The Morgan fingerprint density at radius 2 is 2.40 bits per heavy atom. The van der Waals surface area contributed by atoms with Crippen LogP contribution in [0.15, 0.2) is 0 Å². The molecule has 1 fully saturated rings. The summed E-state index contributed by atoms with van der Waals surface area (Å²) in [5.41, 5.74) is 0. The van der Waals surface area contributed by atoms with E-state index < -0.39 is 0 Å². The van der Waals surface area contributed by atoms with E-state index in [1.165, 1.54) is 19.3 Å². The maximum Gasteiger partial charge on any atom is 0.0699 e. The van der Waals surface area contributed by atoms with Crippen LogP contribution in [0.1, 0.15) is 26.2 Å². The maximum atomic E-state index is 5.52. The largest absolute Gasteiger partial charge is 0.377 e. The molecule has 60 valence electrons. The third kappa shape index (κ3) is 2.67. The second kappa shape index (κ2) is 4.69. The Morgan fingerprint density at radius 1 is 1.50 bits per heavy atom. The van der Waals surface area contributed by atoms with Gasteiger partial charge in [-0.3, -0.25) is 0 Å². The minimum Gasteiger partial charge on any atom is -0.377 e. The zero-order valence-corrected chi connectivity index (χ0v) is 6.73. The van der Waals surface area contributed by atoms with Gasteiger partial charge in [0.05, 0.1) is 6.10 Å². The fourth-order valence-electron chi connectivity index (χ4n) is 1.27. The lowest BCUT2D eigenvalue weighted by atomic mass is 10.1. The first-order valence-corrected chi connectivity index (χ1v) is 4.26. The van der Waals surface area contributed by atoms with Crippen molar-refractivity contribution in [3.8, 4) is 0 Å². The molecule has 0 amide bonds. The fourth-order valence-corrected chi connectivity index (χ4v) is 1.27. The molecular weight excluding hydrogens is 126 g/mol. The molecule has 0 saturated carbocycles. The minimum absolute atomic E-state index is 0.494. The molecule has 2 nitrogen and oxygen atoms in total. The van der Waals surface area contributed by atoms with E-state index in [1.54, 1.807) is 0 Å². The molecule has 2 heteroatoms. The summed E-state index contributed by atoms with van der Waals surface area (Å²) in [6.07, 6.45) is 4.33. The van der Waals surface area contributed by atoms with Crippen molar-refractivity contribution in [2.45, 2.75) is 32.3 Å². The van der Waals surface area contributed by atoms with Crippen molar-refractivity contribution in [3.05, 3.63) is 0 Å². The average molecular weight is 143 g/mol. The first kappa shape index (κ1) is 8.02. The van der Waals surface area contributed by atoms with Gasteiger partial charge < -0.3 is 10.1 Å². The Morgan fingerprint density at radius 3 is 3.00 bits per heavy atom. The van der Waals surface area contributed by atoms with Gasteiger partial charge in [0.1, 0.15) is 0 Å². The summed E-state index contributed by atoms with van der Waals surface area (Å²) in [4.78, 5) is 0. The third-order valence-corrected chi connectivity index (χ3v) is 1.90. The van der Waals surface area contributed by atoms with Gasteiger partial charge in [0.2, 0.25) is 0 Å². The summed E-state index contributed by atoms with van der Waals surface area (Å²) in [5, 5.41) is 3.29. The van der Waals surface area contributed by atoms with E-state index in [9.17, 15) is 0 Å². The van der Waals surface area contributed by atoms with Crippen LogP contribution in [0.5, 0.6) is 0 Å². The lowest BCUT2D eigenvalue weighted by Gasteiger charge is -2.22. The van der Waals surface area contributed by atoms with Gasteiger partial charge in [0, 0.05) is 13.2 Å². The van der Waals surface area contributed by atoms with Crippen LogP contribution in [-0.2, 0) is 4.74 Å².